The van der Waals surface area contributed by atoms with Crippen LogP contribution in [-0.4, -0.2) is 16.9 Å². The predicted octanol–water partition coefficient (Wildman–Crippen LogP) is 2.89. The lowest BCUT2D eigenvalue weighted by Crippen LogP contribution is -1.93. The van der Waals surface area contributed by atoms with E-state index in [4.69, 9.17) is 4.74 Å². The number of nitrogens with zero attached hydrogens (tertiary/aromatic N) is 1. The fourth-order valence-electron chi connectivity index (χ4n) is 0.904. The van der Waals surface area contributed by atoms with E-state index in [0.717, 1.165) is 10.9 Å². The highest BCUT2D eigenvalue weighted by Crippen LogP contribution is 2.08. The molecule has 0 radical (unpaired) electrons. The van der Waals surface area contributed by atoms with Crippen molar-refractivity contribution in [3.05, 3.63) is 30.0 Å². The number of rotatable bonds is 4. The molecule has 1 aromatic rings. The molecule has 0 bridgehead atoms. The standard InChI is InChI=1S/C10H12BrNO/c1-2-13-10-6-5-9(8-12-10)4-3-7-11/h3-6,8H,2,7H2,1H3. The first-order chi connectivity index (χ1) is 6.36. The van der Waals surface area contributed by atoms with E-state index in [-0.39, 0.29) is 0 Å². The summed E-state index contributed by atoms with van der Waals surface area (Å²) in [5, 5.41) is 0.861. The molecule has 13 heavy (non-hydrogen) atoms. The molecule has 70 valence electrons. The lowest BCUT2D eigenvalue weighted by molar-refractivity contribution is 0.327. The monoisotopic (exact) mass is 241 g/mol. The van der Waals surface area contributed by atoms with Crippen LogP contribution in [0.25, 0.3) is 6.08 Å². The van der Waals surface area contributed by atoms with Crippen LogP contribution in [0.4, 0.5) is 0 Å². The van der Waals surface area contributed by atoms with Gasteiger partial charge in [0.15, 0.2) is 0 Å². The van der Waals surface area contributed by atoms with Gasteiger partial charge in [0.2, 0.25) is 5.88 Å². The first-order valence-electron chi connectivity index (χ1n) is 4.18. The van der Waals surface area contributed by atoms with Crippen LogP contribution in [0, 0.1) is 0 Å². The Labute approximate surface area is 86.8 Å². The summed E-state index contributed by atoms with van der Waals surface area (Å²) in [6, 6.07) is 3.86. The van der Waals surface area contributed by atoms with Crippen molar-refractivity contribution in [1.82, 2.24) is 4.98 Å². The molecule has 0 aromatic carbocycles. The van der Waals surface area contributed by atoms with E-state index < -0.39 is 0 Å². The first kappa shape index (κ1) is 10.3. The molecule has 0 saturated heterocycles. The number of halogens is 1. The maximum absolute atomic E-state index is 5.22. The Morgan fingerprint density at radius 2 is 2.38 bits per heavy atom. The van der Waals surface area contributed by atoms with Crippen molar-refractivity contribution in [2.24, 2.45) is 0 Å². The summed E-state index contributed by atoms with van der Waals surface area (Å²) in [7, 11) is 0. The highest BCUT2D eigenvalue weighted by Gasteiger charge is 1.91. The van der Waals surface area contributed by atoms with E-state index in [9.17, 15) is 0 Å². The van der Waals surface area contributed by atoms with Crippen LogP contribution in [0.2, 0.25) is 0 Å². The Balaban J connectivity index is 2.64. The molecule has 0 saturated carbocycles. The second-order valence-electron chi connectivity index (χ2n) is 2.42. The van der Waals surface area contributed by atoms with E-state index in [2.05, 4.69) is 20.9 Å². The molecule has 0 atom stereocenters. The topological polar surface area (TPSA) is 22.1 Å². The second kappa shape index (κ2) is 5.75. The first-order valence-corrected chi connectivity index (χ1v) is 5.30. The van der Waals surface area contributed by atoms with Gasteiger partial charge in [-0.05, 0) is 18.6 Å². The molecule has 1 heterocycles. The summed E-state index contributed by atoms with van der Waals surface area (Å²) >= 11 is 3.31. The molecule has 0 aliphatic heterocycles. The summed E-state index contributed by atoms with van der Waals surface area (Å²) in [5.74, 6) is 0.679. The van der Waals surface area contributed by atoms with Crippen LogP contribution < -0.4 is 4.74 Å². The van der Waals surface area contributed by atoms with Gasteiger partial charge >= 0.3 is 0 Å². The van der Waals surface area contributed by atoms with Gasteiger partial charge in [0, 0.05) is 17.6 Å². The predicted molar refractivity (Wildman–Crippen MR) is 58.2 cm³/mol. The smallest absolute Gasteiger partial charge is 0.213 e. The van der Waals surface area contributed by atoms with Crippen molar-refractivity contribution < 1.29 is 4.74 Å². The third-order valence-corrected chi connectivity index (χ3v) is 1.82. The summed E-state index contributed by atoms with van der Waals surface area (Å²) in [4.78, 5) is 4.13. The van der Waals surface area contributed by atoms with Crippen molar-refractivity contribution in [1.29, 1.82) is 0 Å². The molecular formula is C10H12BrNO. The minimum atomic E-state index is 0.656. The summed E-state index contributed by atoms with van der Waals surface area (Å²) in [6.45, 7) is 2.60. The molecule has 0 fully saturated rings. The van der Waals surface area contributed by atoms with Crippen molar-refractivity contribution in [2.75, 3.05) is 11.9 Å². The Kier molecular flexibility index (Phi) is 4.54. The fourth-order valence-corrected chi connectivity index (χ4v) is 1.09. The van der Waals surface area contributed by atoms with Gasteiger partial charge in [-0.25, -0.2) is 4.98 Å². The molecule has 2 nitrogen and oxygen atoms in total. The van der Waals surface area contributed by atoms with Gasteiger partial charge in [-0.15, -0.1) is 0 Å². The highest BCUT2D eigenvalue weighted by molar-refractivity contribution is 9.09. The van der Waals surface area contributed by atoms with Crippen molar-refractivity contribution in [3.8, 4) is 5.88 Å². The molecule has 0 aliphatic rings. The number of hydrogen-bond donors (Lipinski definition) is 0. The number of pyridine rings is 1. The van der Waals surface area contributed by atoms with Crippen molar-refractivity contribution >= 4 is 22.0 Å². The van der Waals surface area contributed by atoms with Gasteiger partial charge < -0.3 is 4.74 Å². The van der Waals surface area contributed by atoms with E-state index in [0.29, 0.717) is 12.5 Å². The van der Waals surface area contributed by atoms with E-state index in [1.807, 2.05) is 31.2 Å². The van der Waals surface area contributed by atoms with Crippen LogP contribution in [0.15, 0.2) is 24.4 Å². The third-order valence-electron chi connectivity index (χ3n) is 1.45. The Morgan fingerprint density at radius 3 is 2.92 bits per heavy atom. The second-order valence-corrected chi connectivity index (χ2v) is 3.07. The van der Waals surface area contributed by atoms with Crippen molar-refractivity contribution in [2.45, 2.75) is 6.92 Å². The normalized spacial score (nSPS) is 10.6. The number of hydrogen-bond acceptors (Lipinski definition) is 2. The maximum Gasteiger partial charge on any atom is 0.213 e. The molecule has 3 heteroatoms. The van der Waals surface area contributed by atoms with Gasteiger partial charge in [-0.1, -0.05) is 28.1 Å². The Hall–Kier alpha value is -0.830. The van der Waals surface area contributed by atoms with E-state index in [1.54, 1.807) is 6.20 Å². The minimum absolute atomic E-state index is 0.656. The molecule has 1 rings (SSSR count). The summed E-state index contributed by atoms with van der Waals surface area (Å²) in [6.07, 6.45) is 5.83. The zero-order valence-electron chi connectivity index (χ0n) is 7.53. The molecule has 0 spiro atoms. The Bertz CT molecular complexity index is 269. The molecule has 0 aliphatic carbocycles. The summed E-state index contributed by atoms with van der Waals surface area (Å²) in [5.41, 5.74) is 1.09. The Morgan fingerprint density at radius 1 is 1.54 bits per heavy atom. The number of alkyl halides is 1. The van der Waals surface area contributed by atoms with E-state index >= 15 is 0 Å². The largest absolute Gasteiger partial charge is 0.478 e. The van der Waals surface area contributed by atoms with Gasteiger partial charge in [-0.3, -0.25) is 0 Å². The molecule has 0 amide bonds. The van der Waals surface area contributed by atoms with Crippen LogP contribution in [0.3, 0.4) is 0 Å². The van der Waals surface area contributed by atoms with Crippen LogP contribution in [0.1, 0.15) is 12.5 Å². The fraction of sp³-hybridized carbons (Fsp3) is 0.300. The van der Waals surface area contributed by atoms with Crippen molar-refractivity contribution in [3.63, 3.8) is 0 Å². The number of ether oxygens (including phenoxy) is 1. The minimum Gasteiger partial charge on any atom is -0.478 e. The van der Waals surface area contributed by atoms with Crippen LogP contribution in [0.5, 0.6) is 5.88 Å². The zero-order chi connectivity index (χ0) is 9.52. The van der Waals surface area contributed by atoms with Crippen LogP contribution >= 0.6 is 15.9 Å². The lowest BCUT2D eigenvalue weighted by Gasteiger charge is -2.00. The highest BCUT2D eigenvalue weighted by atomic mass is 79.9. The number of aromatic nitrogens is 1. The number of allylic oxidation sites excluding steroid dienone is 1. The molecular weight excluding hydrogens is 230 g/mol. The third kappa shape index (κ3) is 3.59. The van der Waals surface area contributed by atoms with Gasteiger partial charge in [-0.2, -0.15) is 0 Å². The summed E-state index contributed by atoms with van der Waals surface area (Å²) < 4.78 is 5.22. The SMILES string of the molecule is CCOc1ccc(C=CCBr)cn1. The average molecular weight is 242 g/mol. The molecule has 0 N–H and O–H groups in total. The quantitative estimate of drug-likeness (QED) is 0.757. The average Bonchev–Trinajstić information content (AvgIpc) is 2.17. The molecule has 1 aromatic heterocycles. The van der Waals surface area contributed by atoms with E-state index in [1.165, 1.54) is 0 Å². The molecule has 0 unspecified atom stereocenters. The van der Waals surface area contributed by atoms with Gasteiger partial charge in [0.1, 0.15) is 0 Å². The lowest BCUT2D eigenvalue weighted by atomic mass is 10.3. The zero-order valence-corrected chi connectivity index (χ0v) is 9.12. The maximum atomic E-state index is 5.22. The van der Waals surface area contributed by atoms with Crippen LogP contribution in [-0.2, 0) is 0 Å². The van der Waals surface area contributed by atoms with Gasteiger partial charge in [0.05, 0.1) is 6.61 Å². The van der Waals surface area contributed by atoms with Gasteiger partial charge in [0.25, 0.3) is 0 Å².